The molecule has 0 fully saturated rings. The Morgan fingerprint density at radius 1 is 1.25 bits per heavy atom. The summed E-state index contributed by atoms with van der Waals surface area (Å²) < 4.78 is 0. The fraction of sp³-hybridized carbons (Fsp3) is 0.571. The lowest BCUT2D eigenvalue weighted by Crippen LogP contribution is -2.18. The molecule has 0 aliphatic heterocycles. The number of aliphatic hydroxyl groups is 1. The third-order valence-electron chi connectivity index (χ3n) is 3.05. The fourth-order valence-corrected chi connectivity index (χ4v) is 3.28. The maximum absolute atomic E-state index is 9.64. The van der Waals surface area contributed by atoms with Gasteiger partial charge in [0.1, 0.15) is 0 Å². The van der Waals surface area contributed by atoms with Gasteiger partial charge in [-0.3, -0.25) is 0 Å². The molecule has 2 heteroatoms. The number of aryl methyl sites for hydroxylation is 2. The van der Waals surface area contributed by atoms with E-state index in [2.05, 4.69) is 18.2 Å². The third-order valence-corrected chi connectivity index (χ3v) is 4.05. The maximum Gasteiger partial charge on any atom is 0.0599 e. The normalized spacial score (nSPS) is 15.2. The summed E-state index contributed by atoms with van der Waals surface area (Å²) >= 11 is 1.85. The molecule has 0 radical (unpaired) electrons. The standard InChI is InChI=1S/C14H20OS/c1-14(2,15)8-9-16-13-7-6-11-4-3-5-12(11)10-13/h6-7,10,15H,3-5,8-9H2,1-2H3. The Bertz CT molecular complexity index is 365. The minimum absolute atomic E-state index is 0.538. The van der Waals surface area contributed by atoms with Gasteiger partial charge in [0.05, 0.1) is 5.60 Å². The molecule has 0 atom stereocenters. The zero-order valence-electron chi connectivity index (χ0n) is 10.1. The molecule has 1 aliphatic carbocycles. The Balaban J connectivity index is 1.91. The number of fused-ring (bicyclic) bond motifs is 1. The van der Waals surface area contributed by atoms with Crippen molar-refractivity contribution in [3.8, 4) is 0 Å². The molecular formula is C14H20OS. The topological polar surface area (TPSA) is 20.2 Å². The van der Waals surface area contributed by atoms with Crippen molar-refractivity contribution in [1.82, 2.24) is 0 Å². The van der Waals surface area contributed by atoms with Crippen LogP contribution in [0.4, 0.5) is 0 Å². The van der Waals surface area contributed by atoms with Crippen LogP contribution in [0, 0.1) is 0 Å². The van der Waals surface area contributed by atoms with Crippen molar-refractivity contribution < 1.29 is 5.11 Å². The second-order valence-electron chi connectivity index (χ2n) is 5.19. The van der Waals surface area contributed by atoms with E-state index in [0.29, 0.717) is 0 Å². The van der Waals surface area contributed by atoms with Gasteiger partial charge in [-0.15, -0.1) is 11.8 Å². The first-order valence-corrected chi connectivity index (χ1v) is 7.00. The van der Waals surface area contributed by atoms with E-state index >= 15 is 0 Å². The highest BCUT2D eigenvalue weighted by molar-refractivity contribution is 7.99. The lowest BCUT2D eigenvalue weighted by atomic mass is 10.1. The van der Waals surface area contributed by atoms with Gasteiger partial charge in [-0.2, -0.15) is 0 Å². The lowest BCUT2D eigenvalue weighted by molar-refractivity contribution is 0.0778. The van der Waals surface area contributed by atoms with Crippen LogP contribution >= 0.6 is 11.8 Å². The van der Waals surface area contributed by atoms with Crippen molar-refractivity contribution in [2.45, 2.75) is 50.0 Å². The first-order valence-electron chi connectivity index (χ1n) is 6.02. The molecule has 0 heterocycles. The molecule has 0 saturated carbocycles. The summed E-state index contributed by atoms with van der Waals surface area (Å²) in [4.78, 5) is 1.35. The Kier molecular flexibility index (Phi) is 3.60. The molecule has 1 aromatic rings. The number of rotatable bonds is 4. The average Bonchev–Trinajstić information content (AvgIpc) is 2.62. The van der Waals surface area contributed by atoms with Gasteiger partial charge in [0, 0.05) is 10.6 Å². The van der Waals surface area contributed by atoms with Crippen molar-refractivity contribution >= 4 is 11.8 Å². The van der Waals surface area contributed by atoms with Crippen LogP contribution in [0.2, 0.25) is 0 Å². The first-order chi connectivity index (χ1) is 7.54. The molecule has 0 amide bonds. The van der Waals surface area contributed by atoms with E-state index in [1.54, 1.807) is 0 Å². The van der Waals surface area contributed by atoms with Gasteiger partial charge in [0.25, 0.3) is 0 Å². The van der Waals surface area contributed by atoms with Gasteiger partial charge in [-0.25, -0.2) is 0 Å². The number of thioether (sulfide) groups is 1. The van der Waals surface area contributed by atoms with Crippen molar-refractivity contribution in [1.29, 1.82) is 0 Å². The molecule has 0 unspecified atom stereocenters. The van der Waals surface area contributed by atoms with Crippen LogP contribution in [-0.2, 0) is 12.8 Å². The zero-order chi connectivity index (χ0) is 11.6. The van der Waals surface area contributed by atoms with Gasteiger partial charge in [-0.1, -0.05) is 6.07 Å². The number of hydrogen-bond donors (Lipinski definition) is 1. The van der Waals surface area contributed by atoms with Crippen LogP contribution in [0.1, 0.15) is 37.8 Å². The summed E-state index contributed by atoms with van der Waals surface area (Å²) in [7, 11) is 0. The minimum atomic E-state index is -0.538. The second-order valence-corrected chi connectivity index (χ2v) is 6.36. The Labute approximate surface area is 102 Å². The molecule has 88 valence electrons. The molecule has 0 aromatic heterocycles. The molecule has 1 N–H and O–H groups in total. The summed E-state index contributed by atoms with van der Waals surface area (Å²) in [6.45, 7) is 3.74. The van der Waals surface area contributed by atoms with Crippen molar-refractivity contribution in [2.75, 3.05) is 5.75 Å². The highest BCUT2D eigenvalue weighted by atomic mass is 32.2. The summed E-state index contributed by atoms with van der Waals surface area (Å²) in [5.41, 5.74) is 2.53. The van der Waals surface area contributed by atoms with E-state index in [1.807, 2.05) is 25.6 Å². The first kappa shape index (κ1) is 12.0. The van der Waals surface area contributed by atoms with Crippen molar-refractivity contribution in [3.05, 3.63) is 29.3 Å². The quantitative estimate of drug-likeness (QED) is 0.808. The van der Waals surface area contributed by atoms with Crippen LogP contribution in [-0.4, -0.2) is 16.5 Å². The van der Waals surface area contributed by atoms with E-state index in [4.69, 9.17) is 0 Å². The summed E-state index contributed by atoms with van der Waals surface area (Å²) in [6.07, 6.45) is 4.65. The highest BCUT2D eigenvalue weighted by Crippen LogP contribution is 2.28. The molecule has 1 aliphatic rings. The van der Waals surface area contributed by atoms with Crippen molar-refractivity contribution in [3.63, 3.8) is 0 Å². The molecule has 0 saturated heterocycles. The van der Waals surface area contributed by atoms with Gasteiger partial charge in [0.15, 0.2) is 0 Å². The zero-order valence-corrected chi connectivity index (χ0v) is 10.9. The molecule has 1 aromatic carbocycles. The predicted octanol–water partition coefficient (Wildman–Crippen LogP) is 3.43. The highest BCUT2D eigenvalue weighted by Gasteiger charge is 2.13. The number of hydrogen-bond acceptors (Lipinski definition) is 2. The van der Waals surface area contributed by atoms with E-state index in [1.165, 1.54) is 35.3 Å². The van der Waals surface area contributed by atoms with E-state index < -0.39 is 5.60 Å². The minimum Gasteiger partial charge on any atom is -0.390 e. The smallest absolute Gasteiger partial charge is 0.0599 e. The molecule has 1 nitrogen and oxygen atoms in total. The maximum atomic E-state index is 9.64. The largest absolute Gasteiger partial charge is 0.390 e. The van der Waals surface area contributed by atoms with Gasteiger partial charge in [-0.05, 0) is 62.8 Å². The van der Waals surface area contributed by atoms with Crippen molar-refractivity contribution in [2.24, 2.45) is 0 Å². The molecule has 2 rings (SSSR count). The number of benzene rings is 1. The second kappa shape index (κ2) is 4.80. The molecular weight excluding hydrogens is 216 g/mol. The lowest BCUT2D eigenvalue weighted by Gasteiger charge is -2.16. The Morgan fingerprint density at radius 2 is 2.00 bits per heavy atom. The van der Waals surface area contributed by atoms with E-state index in [9.17, 15) is 5.11 Å². The monoisotopic (exact) mass is 236 g/mol. The SMILES string of the molecule is CC(C)(O)CCSc1ccc2c(c1)CCC2. The van der Waals surface area contributed by atoms with Crippen LogP contribution in [0.25, 0.3) is 0 Å². The average molecular weight is 236 g/mol. The van der Waals surface area contributed by atoms with E-state index in [-0.39, 0.29) is 0 Å². The van der Waals surface area contributed by atoms with Crippen LogP contribution in [0.5, 0.6) is 0 Å². The summed E-state index contributed by atoms with van der Waals surface area (Å²) in [5.74, 6) is 0.988. The third kappa shape index (κ3) is 3.26. The van der Waals surface area contributed by atoms with Gasteiger partial charge >= 0.3 is 0 Å². The van der Waals surface area contributed by atoms with Crippen LogP contribution in [0.3, 0.4) is 0 Å². The van der Waals surface area contributed by atoms with Crippen LogP contribution < -0.4 is 0 Å². The van der Waals surface area contributed by atoms with Gasteiger partial charge in [0.2, 0.25) is 0 Å². The van der Waals surface area contributed by atoms with Crippen LogP contribution in [0.15, 0.2) is 23.1 Å². The summed E-state index contributed by atoms with van der Waals surface area (Å²) in [6, 6.07) is 6.82. The molecule has 16 heavy (non-hydrogen) atoms. The molecule has 0 bridgehead atoms. The Morgan fingerprint density at radius 3 is 2.75 bits per heavy atom. The Hall–Kier alpha value is -0.470. The predicted molar refractivity (Wildman–Crippen MR) is 70.1 cm³/mol. The van der Waals surface area contributed by atoms with Gasteiger partial charge < -0.3 is 5.11 Å². The fourth-order valence-electron chi connectivity index (χ4n) is 2.06. The summed E-state index contributed by atoms with van der Waals surface area (Å²) in [5, 5.41) is 9.64. The molecule has 0 spiro atoms. The van der Waals surface area contributed by atoms with E-state index in [0.717, 1.165) is 12.2 Å².